The van der Waals surface area contributed by atoms with Gasteiger partial charge in [0.2, 0.25) is 15.9 Å². The largest absolute Gasteiger partial charge is 0.495 e. The summed E-state index contributed by atoms with van der Waals surface area (Å²) in [5.74, 6) is -0.0522. The van der Waals surface area contributed by atoms with Crippen LogP contribution in [0.3, 0.4) is 0 Å². The van der Waals surface area contributed by atoms with Gasteiger partial charge in [-0.1, -0.05) is 42.5 Å². The molecule has 4 rings (SSSR count). The summed E-state index contributed by atoms with van der Waals surface area (Å²) in [5.41, 5.74) is 1.29. The molecule has 0 aliphatic carbocycles. The second-order valence-electron chi connectivity index (χ2n) is 7.28. The average molecular weight is 453 g/mol. The summed E-state index contributed by atoms with van der Waals surface area (Å²) in [6.07, 6.45) is 2.97. The van der Waals surface area contributed by atoms with Crippen LogP contribution < -0.4 is 10.1 Å². The van der Waals surface area contributed by atoms with Gasteiger partial charge >= 0.3 is 0 Å². The molecule has 0 bridgehead atoms. The number of hydrogen-bond acceptors (Lipinski definition) is 5. The molecule has 1 N–H and O–H groups in total. The van der Waals surface area contributed by atoms with Crippen molar-refractivity contribution in [2.45, 2.75) is 4.90 Å². The summed E-state index contributed by atoms with van der Waals surface area (Å²) in [4.78, 5) is 12.6. The van der Waals surface area contributed by atoms with Gasteiger partial charge in [-0.05, 0) is 35.2 Å². The average Bonchev–Trinajstić information content (AvgIpc) is 2.83. The second-order valence-corrected chi connectivity index (χ2v) is 9.18. The highest BCUT2D eigenvalue weighted by atomic mass is 32.2. The fourth-order valence-corrected chi connectivity index (χ4v) is 5.20. The Morgan fingerprint density at radius 1 is 1.06 bits per heavy atom. The molecule has 0 radical (unpaired) electrons. The number of anilines is 1. The van der Waals surface area contributed by atoms with Gasteiger partial charge in [-0.2, -0.15) is 4.31 Å². The molecule has 0 unspecified atom stereocenters. The number of amides is 1. The van der Waals surface area contributed by atoms with E-state index in [1.807, 2.05) is 42.5 Å². The third kappa shape index (κ3) is 4.67. The van der Waals surface area contributed by atoms with Crippen LogP contribution in [0.1, 0.15) is 5.56 Å². The highest BCUT2D eigenvalue weighted by Gasteiger charge is 2.29. The van der Waals surface area contributed by atoms with E-state index >= 15 is 0 Å². The van der Waals surface area contributed by atoms with E-state index in [-0.39, 0.29) is 16.6 Å². The fraction of sp³-hybridized carbons (Fsp3) is 0.208. The van der Waals surface area contributed by atoms with Crippen LogP contribution in [0.5, 0.6) is 5.75 Å². The van der Waals surface area contributed by atoms with Crippen LogP contribution in [0.2, 0.25) is 0 Å². The molecule has 3 aromatic rings. The lowest BCUT2D eigenvalue weighted by Gasteiger charge is -2.26. The van der Waals surface area contributed by atoms with Crippen LogP contribution in [0, 0.1) is 0 Å². The maximum Gasteiger partial charge on any atom is 0.248 e. The molecular formula is C24H24N2O5S. The Morgan fingerprint density at radius 2 is 1.81 bits per heavy atom. The highest BCUT2D eigenvalue weighted by Crippen LogP contribution is 2.29. The Kier molecular flexibility index (Phi) is 6.55. The van der Waals surface area contributed by atoms with E-state index in [9.17, 15) is 13.2 Å². The first-order valence-corrected chi connectivity index (χ1v) is 11.7. The van der Waals surface area contributed by atoms with Gasteiger partial charge in [0.1, 0.15) is 10.6 Å². The van der Waals surface area contributed by atoms with Crippen molar-refractivity contribution in [2.75, 3.05) is 38.7 Å². The normalized spacial score (nSPS) is 15.2. The predicted molar refractivity (Wildman–Crippen MR) is 124 cm³/mol. The monoisotopic (exact) mass is 452 g/mol. The minimum absolute atomic E-state index is 0.0681. The van der Waals surface area contributed by atoms with E-state index in [1.54, 1.807) is 18.2 Å². The lowest BCUT2D eigenvalue weighted by molar-refractivity contribution is -0.111. The van der Waals surface area contributed by atoms with Crippen LogP contribution in [-0.2, 0) is 19.6 Å². The molecule has 1 saturated heterocycles. The SMILES string of the molecule is COc1ccc(/C=C\C(=O)Nc2cccc3ccccc23)cc1S(=O)(=O)N1CCOCC1. The summed E-state index contributed by atoms with van der Waals surface area (Å²) >= 11 is 0. The molecule has 1 heterocycles. The van der Waals surface area contributed by atoms with E-state index in [4.69, 9.17) is 9.47 Å². The topological polar surface area (TPSA) is 84.9 Å². The van der Waals surface area contributed by atoms with Gasteiger partial charge in [-0.15, -0.1) is 0 Å². The lowest BCUT2D eigenvalue weighted by atomic mass is 10.1. The fourth-order valence-electron chi connectivity index (χ4n) is 3.61. The molecule has 166 valence electrons. The molecule has 1 fully saturated rings. The minimum Gasteiger partial charge on any atom is -0.495 e. The highest BCUT2D eigenvalue weighted by molar-refractivity contribution is 7.89. The maximum absolute atomic E-state index is 13.1. The van der Waals surface area contributed by atoms with Crippen molar-refractivity contribution in [1.29, 1.82) is 0 Å². The van der Waals surface area contributed by atoms with E-state index in [2.05, 4.69) is 5.32 Å². The van der Waals surface area contributed by atoms with Gasteiger partial charge in [-0.25, -0.2) is 8.42 Å². The first-order chi connectivity index (χ1) is 15.5. The molecule has 7 nitrogen and oxygen atoms in total. The van der Waals surface area contributed by atoms with Crippen LogP contribution in [0.4, 0.5) is 5.69 Å². The van der Waals surface area contributed by atoms with Crippen molar-refractivity contribution in [3.63, 3.8) is 0 Å². The summed E-state index contributed by atoms with van der Waals surface area (Å²) < 4.78 is 38.1. The van der Waals surface area contributed by atoms with Crippen LogP contribution in [-0.4, -0.2) is 52.0 Å². The number of nitrogens with one attached hydrogen (secondary N) is 1. The van der Waals surface area contributed by atoms with Crippen LogP contribution in [0.15, 0.2) is 71.6 Å². The first kappa shape index (κ1) is 22.0. The molecule has 0 spiro atoms. The summed E-state index contributed by atoms with van der Waals surface area (Å²) in [5, 5.41) is 4.86. The third-order valence-electron chi connectivity index (χ3n) is 5.25. The van der Waals surface area contributed by atoms with Crippen molar-refractivity contribution in [3.05, 3.63) is 72.3 Å². The molecule has 0 aromatic heterocycles. The van der Waals surface area contributed by atoms with E-state index in [0.29, 0.717) is 37.6 Å². The van der Waals surface area contributed by atoms with Gasteiger partial charge in [0, 0.05) is 30.2 Å². The molecule has 1 aliphatic rings. The van der Waals surface area contributed by atoms with Crippen molar-refractivity contribution in [1.82, 2.24) is 4.31 Å². The molecule has 8 heteroatoms. The van der Waals surface area contributed by atoms with Crippen molar-refractivity contribution in [2.24, 2.45) is 0 Å². The number of methoxy groups -OCH3 is 1. The molecule has 1 amide bonds. The zero-order valence-corrected chi connectivity index (χ0v) is 18.5. The Balaban J connectivity index is 1.56. The zero-order chi connectivity index (χ0) is 22.6. The van der Waals surface area contributed by atoms with Crippen molar-refractivity contribution in [3.8, 4) is 5.75 Å². The maximum atomic E-state index is 13.1. The number of fused-ring (bicyclic) bond motifs is 1. The summed E-state index contributed by atoms with van der Waals surface area (Å²) in [7, 11) is -2.31. The van der Waals surface area contributed by atoms with Crippen LogP contribution >= 0.6 is 0 Å². The number of carbonyl (C=O) groups is 1. The zero-order valence-electron chi connectivity index (χ0n) is 17.7. The number of morpholine rings is 1. The number of carbonyl (C=O) groups excluding carboxylic acids is 1. The summed E-state index contributed by atoms with van der Waals surface area (Å²) in [6, 6.07) is 18.3. The molecule has 0 atom stereocenters. The smallest absolute Gasteiger partial charge is 0.248 e. The lowest BCUT2D eigenvalue weighted by Crippen LogP contribution is -2.40. The van der Waals surface area contributed by atoms with Gasteiger partial charge in [0.25, 0.3) is 0 Å². The quantitative estimate of drug-likeness (QED) is 0.579. The van der Waals surface area contributed by atoms with E-state index in [0.717, 1.165) is 10.8 Å². The van der Waals surface area contributed by atoms with Gasteiger partial charge < -0.3 is 14.8 Å². The van der Waals surface area contributed by atoms with Gasteiger partial charge in [0.05, 0.1) is 20.3 Å². The molecule has 32 heavy (non-hydrogen) atoms. The Morgan fingerprint density at radius 3 is 2.59 bits per heavy atom. The second kappa shape index (κ2) is 9.52. The number of nitrogens with zero attached hydrogens (tertiary/aromatic N) is 1. The van der Waals surface area contributed by atoms with Crippen molar-refractivity contribution >= 4 is 38.5 Å². The first-order valence-electron chi connectivity index (χ1n) is 10.2. The van der Waals surface area contributed by atoms with E-state index in [1.165, 1.54) is 23.6 Å². The number of hydrogen-bond donors (Lipinski definition) is 1. The Labute approximate surface area is 187 Å². The molecule has 3 aromatic carbocycles. The number of benzene rings is 3. The number of sulfonamides is 1. The minimum atomic E-state index is -3.74. The third-order valence-corrected chi connectivity index (χ3v) is 7.17. The Hall–Kier alpha value is -3.20. The molecule has 1 aliphatic heterocycles. The predicted octanol–water partition coefficient (Wildman–Crippen LogP) is 3.52. The Bertz CT molecular complexity index is 1260. The van der Waals surface area contributed by atoms with Gasteiger partial charge in [-0.3, -0.25) is 4.79 Å². The van der Waals surface area contributed by atoms with Gasteiger partial charge in [0.15, 0.2) is 0 Å². The number of rotatable bonds is 6. The van der Waals surface area contributed by atoms with Crippen LogP contribution in [0.25, 0.3) is 16.8 Å². The van der Waals surface area contributed by atoms with Crippen molar-refractivity contribution < 1.29 is 22.7 Å². The van der Waals surface area contributed by atoms with E-state index < -0.39 is 10.0 Å². The summed E-state index contributed by atoms with van der Waals surface area (Å²) in [6.45, 7) is 1.29. The standard InChI is InChI=1S/C24H24N2O5S/c1-30-22-11-9-18(17-23(22)32(28,29)26-13-15-31-16-14-26)10-12-24(27)25-21-8-4-6-19-5-2-3-7-20(19)21/h2-12,17H,13-16H2,1H3,(H,25,27)/b12-10-. The molecular weight excluding hydrogens is 428 g/mol. The molecule has 0 saturated carbocycles. The number of ether oxygens (including phenoxy) is 2.